The molecular weight excluding hydrogens is 534 g/mol. The Morgan fingerprint density at radius 1 is 0.640 bits per heavy atom. The molecule has 0 saturated heterocycles. The normalized spacial score (nSPS) is 10.0. The Hall–Kier alpha value is -0.240. The van der Waals surface area contributed by atoms with Crippen LogP contribution in [0.4, 0.5) is 0 Å². The van der Waals surface area contributed by atoms with Crippen LogP contribution >= 0.6 is 0 Å². The lowest BCUT2D eigenvalue weighted by Crippen LogP contribution is -3.00. The largest absolute Gasteiger partial charge is 1.00 e. The Labute approximate surface area is 188 Å². The van der Waals surface area contributed by atoms with Crippen molar-refractivity contribution in [3.05, 3.63) is 49.1 Å². The Balaban J connectivity index is 0.00000288. The Morgan fingerprint density at radius 3 is 1.60 bits per heavy atom. The van der Waals surface area contributed by atoms with Crippen LogP contribution in [0.1, 0.15) is 58.3 Å². The molecule has 0 aliphatic heterocycles. The van der Waals surface area contributed by atoms with Gasteiger partial charge in [0.25, 0.3) is 0 Å². The zero-order chi connectivity index (χ0) is 16.3. The highest BCUT2D eigenvalue weighted by Crippen LogP contribution is 2.15. The van der Waals surface area contributed by atoms with Gasteiger partial charge in [-0.15, -0.1) is 0 Å². The Morgan fingerprint density at radius 2 is 1.08 bits per heavy atom. The topological polar surface area (TPSA) is 7.76 Å². The lowest BCUT2D eigenvalue weighted by Gasteiger charge is -2.02. The minimum Gasteiger partial charge on any atom is -1.00 e. The first-order valence-corrected chi connectivity index (χ1v) is 9.24. The summed E-state index contributed by atoms with van der Waals surface area (Å²) >= 11 is 0. The molecular formula is C21H32I2N2. The molecule has 2 heterocycles. The van der Waals surface area contributed by atoms with Gasteiger partial charge in [0.05, 0.1) is 0 Å². The van der Waals surface area contributed by atoms with E-state index in [0.717, 1.165) is 6.54 Å². The van der Waals surface area contributed by atoms with Crippen LogP contribution in [0.15, 0.2) is 49.1 Å². The summed E-state index contributed by atoms with van der Waals surface area (Å²) in [5.74, 6) is 0. The molecule has 25 heavy (non-hydrogen) atoms. The smallest absolute Gasteiger partial charge is 0.169 e. The van der Waals surface area contributed by atoms with Crippen molar-refractivity contribution in [1.82, 2.24) is 0 Å². The summed E-state index contributed by atoms with van der Waals surface area (Å²) in [7, 11) is 2.05. The zero-order valence-corrected chi connectivity index (χ0v) is 19.9. The van der Waals surface area contributed by atoms with Gasteiger partial charge in [-0.3, -0.25) is 0 Å². The molecule has 140 valence electrons. The maximum Gasteiger partial charge on any atom is 0.169 e. The molecule has 0 aliphatic carbocycles. The van der Waals surface area contributed by atoms with Gasteiger partial charge in [0.1, 0.15) is 13.6 Å². The fourth-order valence-corrected chi connectivity index (χ4v) is 2.92. The van der Waals surface area contributed by atoms with E-state index in [0.29, 0.717) is 0 Å². The van der Waals surface area contributed by atoms with Crippen molar-refractivity contribution in [1.29, 1.82) is 0 Å². The van der Waals surface area contributed by atoms with Crippen molar-refractivity contribution in [2.75, 3.05) is 0 Å². The van der Waals surface area contributed by atoms with Crippen molar-refractivity contribution in [2.45, 2.75) is 64.8 Å². The summed E-state index contributed by atoms with van der Waals surface area (Å²) in [6.07, 6.45) is 19.7. The standard InChI is InChI=1S/C21H32N2.2HI/c1-3-4-5-6-7-8-9-10-15-23-18-13-21(14-19-23)20-11-16-22(2)17-12-20;;/h11-14,16-19H,3-10,15H2,1-2H3;2*1H/q+2;;/p-2. The van der Waals surface area contributed by atoms with Crippen LogP contribution in [0.5, 0.6) is 0 Å². The van der Waals surface area contributed by atoms with Crippen LogP contribution in [0.2, 0.25) is 0 Å². The van der Waals surface area contributed by atoms with Crippen molar-refractivity contribution >= 4 is 0 Å². The van der Waals surface area contributed by atoms with Crippen LogP contribution in [0, 0.1) is 0 Å². The minimum absolute atomic E-state index is 0. The number of aromatic nitrogens is 2. The summed E-state index contributed by atoms with van der Waals surface area (Å²) in [5.41, 5.74) is 2.57. The quantitative estimate of drug-likeness (QED) is 0.191. The van der Waals surface area contributed by atoms with Crippen LogP contribution in [0.3, 0.4) is 0 Å². The van der Waals surface area contributed by atoms with Gasteiger partial charge in [0.2, 0.25) is 0 Å². The Bertz CT molecular complexity index is 553. The van der Waals surface area contributed by atoms with E-state index >= 15 is 0 Å². The van der Waals surface area contributed by atoms with Crippen LogP contribution < -0.4 is 57.1 Å². The third kappa shape index (κ3) is 9.87. The molecule has 2 aromatic heterocycles. The second kappa shape index (κ2) is 14.9. The average molecular weight is 566 g/mol. The lowest BCUT2D eigenvalue weighted by atomic mass is 10.1. The number of aryl methyl sites for hydroxylation is 2. The molecule has 0 unspecified atom stereocenters. The lowest BCUT2D eigenvalue weighted by molar-refractivity contribution is -0.697. The number of unbranched alkanes of at least 4 members (excludes halogenated alkanes) is 7. The molecule has 0 N–H and O–H groups in total. The van der Waals surface area contributed by atoms with Gasteiger partial charge in [0, 0.05) is 30.7 Å². The number of hydrogen-bond acceptors (Lipinski definition) is 0. The molecule has 0 saturated carbocycles. The van der Waals surface area contributed by atoms with Gasteiger partial charge in [-0.05, 0) is 17.5 Å². The highest BCUT2D eigenvalue weighted by atomic mass is 127. The van der Waals surface area contributed by atoms with E-state index in [1.807, 2.05) is 7.05 Å². The maximum atomic E-state index is 2.31. The molecule has 0 aromatic carbocycles. The van der Waals surface area contributed by atoms with Gasteiger partial charge in [-0.25, -0.2) is 9.13 Å². The predicted octanol–water partition coefficient (Wildman–Crippen LogP) is -1.39. The van der Waals surface area contributed by atoms with Crippen molar-refractivity contribution in [3.63, 3.8) is 0 Å². The van der Waals surface area contributed by atoms with E-state index in [9.17, 15) is 0 Å². The van der Waals surface area contributed by atoms with Crippen molar-refractivity contribution < 1.29 is 57.1 Å². The van der Waals surface area contributed by atoms with Crippen molar-refractivity contribution in [3.8, 4) is 11.1 Å². The highest BCUT2D eigenvalue weighted by Gasteiger charge is 2.04. The van der Waals surface area contributed by atoms with Gasteiger partial charge in [-0.2, -0.15) is 0 Å². The van der Waals surface area contributed by atoms with Crippen LogP contribution in [0.25, 0.3) is 11.1 Å². The minimum atomic E-state index is 0. The van der Waals surface area contributed by atoms with E-state index in [2.05, 4.69) is 65.1 Å². The van der Waals surface area contributed by atoms with E-state index in [4.69, 9.17) is 0 Å². The van der Waals surface area contributed by atoms with E-state index in [1.165, 1.54) is 62.5 Å². The van der Waals surface area contributed by atoms with Crippen LogP contribution in [-0.2, 0) is 13.6 Å². The first kappa shape index (κ1) is 24.8. The highest BCUT2D eigenvalue weighted by molar-refractivity contribution is 5.60. The molecule has 2 nitrogen and oxygen atoms in total. The van der Waals surface area contributed by atoms with Crippen LogP contribution in [-0.4, -0.2) is 0 Å². The SMILES string of the molecule is CCCCCCCCCC[n+]1ccc(-c2cc[n+](C)cc2)cc1.[I-].[I-]. The third-order valence-corrected chi connectivity index (χ3v) is 4.47. The van der Waals surface area contributed by atoms with Gasteiger partial charge in [0.15, 0.2) is 24.8 Å². The van der Waals surface area contributed by atoms with E-state index in [-0.39, 0.29) is 48.0 Å². The number of hydrogen-bond donors (Lipinski definition) is 0. The Kier molecular flexibility index (Phi) is 14.7. The molecule has 2 rings (SSSR count). The summed E-state index contributed by atoms with van der Waals surface area (Å²) in [6, 6.07) is 8.77. The molecule has 0 radical (unpaired) electrons. The molecule has 0 aliphatic rings. The fourth-order valence-electron chi connectivity index (χ4n) is 2.92. The first-order valence-electron chi connectivity index (χ1n) is 9.24. The fraction of sp³-hybridized carbons (Fsp3) is 0.524. The molecule has 0 fully saturated rings. The third-order valence-electron chi connectivity index (χ3n) is 4.47. The molecule has 0 atom stereocenters. The molecule has 2 aromatic rings. The molecule has 0 amide bonds. The number of halogens is 2. The number of nitrogens with zero attached hydrogens (tertiary/aromatic N) is 2. The second-order valence-electron chi connectivity index (χ2n) is 6.55. The average Bonchev–Trinajstić information content (AvgIpc) is 2.59. The number of rotatable bonds is 10. The molecule has 4 heteroatoms. The monoisotopic (exact) mass is 566 g/mol. The summed E-state index contributed by atoms with van der Waals surface area (Å²) in [5, 5.41) is 0. The van der Waals surface area contributed by atoms with Gasteiger partial charge in [-0.1, -0.05) is 45.4 Å². The summed E-state index contributed by atoms with van der Waals surface area (Å²) in [4.78, 5) is 0. The summed E-state index contributed by atoms with van der Waals surface area (Å²) in [6.45, 7) is 3.42. The van der Waals surface area contributed by atoms with Gasteiger partial charge < -0.3 is 48.0 Å². The van der Waals surface area contributed by atoms with Gasteiger partial charge >= 0.3 is 0 Å². The zero-order valence-electron chi connectivity index (χ0n) is 15.6. The second-order valence-corrected chi connectivity index (χ2v) is 6.55. The predicted molar refractivity (Wildman–Crippen MR) is 95.9 cm³/mol. The molecule has 0 bridgehead atoms. The van der Waals surface area contributed by atoms with Crippen molar-refractivity contribution in [2.24, 2.45) is 7.05 Å². The van der Waals surface area contributed by atoms with E-state index in [1.54, 1.807) is 0 Å². The first-order chi connectivity index (χ1) is 11.3. The number of pyridine rings is 2. The summed E-state index contributed by atoms with van der Waals surface area (Å²) < 4.78 is 4.37. The van der Waals surface area contributed by atoms with E-state index < -0.39 is 0 Å². The maximum absolute atomic E-state index is 2.31. The molecule has 0 spiro atoms.